The molecule has 1 amide bonds. The van der Waals surface area contributed by atoms with E-state index in [1.807, 2.05) is 30.3 Å². The first-order valence-electron chi connectivity index (χ1n) is 8.71. The number of benzene rings is 3. The molecule has 1 aromatic heterocycles. The summed E-state index contributed by atoms with van der Waals surface area (Å²) in [7, 11) is 0. The number of para-hydroxylation sites is 1. The van der Waals surface area contributed by atoms with Gasteiger partial charge in [-0.3, -0.25) is 9.89 Å². The lowest BCUT2D eigenvalue weighted by molar-refractivity contribution is -0.115. The second-order valence-electron chi connectivity index (χ2n) is 6.65. The summed E-state index contributed by atoms with van der Waals surface area (Å²) in [4.78, 5) is 12.5. The van der Waals surface area contributed by atoms with E-state index in [9.17, 15) is 4.79 Å². The molecule has 0 radical (unpaired) electrons. The molecule has 0 atom stereocenters. The molecule has 0 unspecified atom stereocenters. The molecule has 4 heteroatoms. The van der Waals surface area contributed by atoms with Gasteiger partial charge in [0.15, 0.2) is 0 Å². The van der Waals surface area contributed by atoms with Gasteiger partial charge in [-0.25, -0.2) is 0 Å². The SMILES string of the molecule is O=C(Cc1[nH]nc2ccccc12)Nc1ccc2c(c1)Cc1ccccc1-2. The van der Waals surface area contributed by atoms with Gasteiger partial charge in [-0.05, 0) is 46.9 Å². The van der Waals surface area contributed by atoms with Crippen LogP contribution in [0.4, 0.5) is 5.69 Å². The van der Waals surface area contributed by atoms with Gasteiger partial charge in [-0.15, -0.1) is 0 Å². The van der Waals surface area contributed by atoms with Crippen LogP contribution in [0.3, 0.4) is 0 Å². The van der Waals surface area contributed by atoms with E-state index in [0.29, 0.717) is 0 Å². The highest BCUT2D eigenvalue weighted by atomic mass is 16.1. The van der Waals surface area contributed by atoms with Crippen LogP contribution in [0.15, 0.2) is 66.7 Å². The highest BCUT2D eigenvalue weighted by Crippen LogP contribution is 2.37. The molecule has 126 valence electrons. The molecular weight excluding hydrogens is 322 g/mol. The zero-order valence-electron chi connectivity index (χ0n) is 14.1. The van der Waals surface area contributed by atoms with Gasteiger partial charge in [0.2, 0.25) is 5.91 Å². The van der Waals surface area contributed by atoms with E-state index < -0.39 is 0 Å². The summed E-state index contributed by atoms with van der Waals surface area (Å²) in [6.07, 6.45) is 1.19. The number of H-pyrrole nitrogens is 1. The Morgan fingerprint density at radius 3 is 2.73 bits per heavy atom. The quantitative estimate of drug-likeness (QED) is 0.514. The van der Waals surface area contributed by atoms with E-state index in [1.165, 1.54) is 22.3 Å². The Balaban J connectivity index is 1.36. The van der Waals surface area contributed by atoms with Crippen LogP contribution in [0.5, 0.6) is 0 Å². The number of nitrogens with one attached hydrogen (secondary N) is 2. The van der Waals surface area contributed by atoms with Crippen LogP contribution in [0, 0.1) is 0 Å². The monoisotopic (exact) mass is 339 g/mol. The number of rotatable bonds is 3. The number of amides is 1. The summed E-state index contributed by atoms with van der Waals surface area (Å²) in [6, 6.07) is 22.4. The number of aromatic nitrogens is 2. The van der Waals surface area contributed by atoms with Crippen LogP contribution in [-0.2, 0) is 17.6 Å². The van der Waals surface area contributed by atoms with Gasteiger partial charge in [-0.2, -0.15) is 5.10 Å². The van der Waals surface area contributed by atoms with Crippen molar-refractivity contribution in [3.8, 4) is 11.1 Å². The molecule has 2 N–H and O–H groups in total. The Labute approximate surface area is 150 Å². The summed E-state index contributed by atoms with van der Waals surface area (Å²) in [5.41, 5.74) is 7.72. The first kappa shape index (κ1) is 14.9. The fourth-order valence-electron chi connectivity index (χ4n) is 3.74. The molecular formula is C22H17N3O. The molecule has 0 saturated carbocycles. The predicted molar refractivity (Wildman–Crippen MR) is 103 cm³/mol. The summed E-state index contributed by atoms with van der Waals surface area (Å²) >= 11 is 0. The highest BCUT2D eigenvalue weighted by molar-refractivity contribution is 5.95. The molecule has 4 aromatic rings. The van der Waals surface area contributed by atoms with Crippen molar-refractivity contribution in [2.24, 2.45) is 0 Å². The maximum Gasteiger partial charge on any atom is 0.230 e. The summed E-state index contributed by atoms with van der Waals surface area (Å²) < 4.78 is 0. The van der Waals surface area contributed by atoms with Crippen LogP contribution >= 0.6 is 0 Å². The highest BCUT2D eigenvalue weighted by Gasteiger charge is 2.18. The third-order valence-corrected chi connectivity index (χ3v) is 4.96. The molecule has 4 nitrogen and oxygen atoms in total. The Bertz CT molecular complexity index is 1140. The molecule has 0 aliphatic heterocycles. The van der Waals surface area contributed by atoms with E-state index in [1.54, 1.807) is 0 Å². The molecule has 0 bridgehead atoms. The molecule has 3 aromatic carbocycles. The van der Waals surface area contributed by atoms with Crippen molar-refractivity contribution in [3.05, 3.63) is 83.6 Å². The minimum atomic E-state index is -0.0464. The molecule has 0 fully saturated rings. The fraction of sp³-hybridized carbons (Fsp3) is 0.0909. The summed E-state index contributed by atoms with van der Waals surface area (Å²) in [6.45, 7) is 0. The maximum absolute atomic E-state index is 12.5. The largest absolute Gasteiger partial charge is 0.326 e. The number of carbonyl (C=O) groups is 1. The lowest BCUT2D eigenvalue weighted by atomic mass is 10.1. The Kier molecular flexibility index (Phi) is 3.35. The number of nitrogens with zero attached hydrogens (tertiary/aromatic N) is 1. The average molecular weight is 339 g/mol. The minimum Gasteiger partial charge on any atom is -0.326 e. The van der Waals surface area contributed by atoms with Crippen LogP contribution in [-0.4, -0.2) is 16.1 Å². The van der Waals surface area contributed by atoms with Gasteiger partial charge in [-0.1, -0.05) is 48.5 Å². The van der Waals surface area contributed by atoms with Crippen molar-refractivity contribution in [2.45, 2.75) is 12.8 Å². The van der Waals surface area contributed by atoms with Gasteiger partial charge < -0.3 is 5.32 Å². The van der Waals surface area contributed by atoms with Crippen LogP contribution < -0.4 is 5.32 Å². The Morgan fingerprint density at radius 1 is 0.962 bits per heavy atom. The van der Waals surface area contributed by atoms with Crippen molar-refractivity contribution in [1.82, 2.24) is 10.2 Å². The number of anilines is 1. The minimum absolute atomic E-state index is 0.0464. The smallest absolute Gasteiger partial charge is 0.230 e. The van der Waals surface area contributed by atoms with E-state index >= 15 is 0 Å². The molecule has 1 aliphatic carbocycles. The second-order valence-corrected chi connectivity index (χ2v) is 6.65. The van der Waals surface area contributed by atoms with E-state index in [0.717, 1.165) is 28.7 Å². The van der Waals surface area contributed by atoms with Crippen LogP contribution in [0.2, 0.25) is 0 Å². The fourth-order valence-corrected chi connectivity index (χ4v) is 3.74. The van der Waals surface area contributed by atoms with Crippen molar-refractivity contribution in [2.75, 3.05) is 5.32 Å². The van der Waals surface area contributed by atoms with Crippen molar-refractivity contribution >= 4 is 22.5 Å². The topological polar surface area (TPSA) is 57.8 Å². The average Bonchev–Trinajstić information content (AvgIpc) is 3.22. The maximum atomic E-state index is 12.5. The van der Waals surface area contributed by atoms with Gasteiger partial charge >= 0.3 is 0 Å². The van der Waals surface area contributed by atoms with Crippen molar-refractivity contribution < 1.29 is 4.79 Å². The lowest BCUT2D eigenvalue weighted by Gasteiger charge is -2.07. The Morgan fingerprint density at radius 2 is 1.77 bits per heavy atom. The van der Waals surface area contributed by atoms with Gasteiger partial charge in [0.25, 0.3) is 0 Å². The van der Waals surface area contributed by atoms with Gasteiger partial charge in [0, 0.05) is 11.1 Å². The second kappa shape index (κ2) is 5.85. The molecule has 1 heterocycles. The first-order chi connectivity index (χ1) is 12.8. The summed E-state index contributed by atoms with van der Waals surface area (Å²) in [5, 5.41) is 11.2. The third kappa shape index (κ3) is 2.47. The Hall–Kier alpha value is -3.40. The number of hydrogen-bond donors (Lipinski definition) is 2. The molecule has 0 saturated heterocycles. The van der Waals surface area contributed by atoms with Gasteiger partial charge in [0.05, 0.1) is 17.6 Å². The van der Waals surface area contributed by atoms with Crippen molar-refractivity contribution in [3.63, 3.8) is 0 Å². The van der Waals surface area contributed by atoms with E-state index in [2.05, 4.69) is 51.9 Å². The van der Waals surface area contributed by atoms with Crippen LogP contribution in [0.1, 0.15) is 16.8 Å². The lowest BCUT2D eigenvalue weighted by Crippen LogP contribution is -2.15. The zero-order chi connectivity index (χ0) is 17.5. The molecule has 26 heavy (non-hydrogen) atoms. The third-order valence-electron chi connectivity index (χ3n) is 4.96. The van der Waals surface area contributed by atoms with E-state index in [4.69, 9.17) is 0 Å². The normalized spacial score (nSPS) is 12.0. The molecule has 5 rings (SSSR count). The predicted octanol–water partition coefficient (Wildman–Crippen LogP) is 4.32. The standard InChI is InChI=1S/C22H17N3O/c26-22(13-21-19-7-3-4-8-20(19)24-25-21)23-16-9-10-18-15(12-16)11-14-5-1-2-6-17(14)18/h1-10,12H,11,13H2,(H,23,26)(H,24,25). The van der Waals surface area contributed by atoms with E-state index in [-0.39, 0.29) is 12.3 Å². The number of fused-ring (bicyclic) bond motifs is 4. The molecule has 0 spiro atoms. The van der Waals surface area contributed by atoms with Gasteiger partial charge in [0.1, 0.15) is 0 Å². The zero-order valence-corrected chi connectivity index (χ0v) is 14.1. The summed E-state index contributed by atoms with van der Waals surface area (Å²) in [5.74, 6) is -0.0464. The number of carbonyl (C=O) groups excluding carboxylic acids is 1. The number of hydrogen-bond acceptors (Lipinski definition) is 2. The van der Waals surface area contributed by atoms with Crippen LogP contribution in [0.25, 0.3) is 22.0 Å². The number of aromatic amines is 1. The first-order valence-corrected chi connectivity index (χ1v) is 8.71. The van der Waals surface area contributed by atoms with Crippen molar-refractivity contribution in [1.29, 1.82) is 0 Å². The molecule has 1 aliphatic rings.